The Morgan fingerprint density at radius 1 is 0.846 bits per heavy atom. The summed E-state index contributed by atoms with van der Waals surface area (Å²) >= 11 is 0. The number of hydrogen-bond donors (Lipinski definition) is 8. The highest BCUT2D eigenvalue weighted by molar-refractivity contribution is 5.56. The fourth-order valence-corrected chi connectivity index (χ4v) is 2.71. The summed E-state index contributed by atoms with van der Waals surface area (Å²) in [6, 6.07) is 0. The first-order valence-corrected chi connectivity index (χ1v) is 7.68. The third-order valence-corrected chi connectivity index (χ3v) is 4.17. The molecule has 0 amide bonds. The van der Waals surface area contributed by atoms with Crippen LogP contribution in [0, 0.1) is 0 Å². The van der Waals surface area contributed by atoms with Crippen LogP contribution in [0.1, 0.15) is 0 Å². The summed E-state index contributed by atoms with van der Waals surface area (Å²) in [5, 5.41) is 76.6. The van der Waals surface area contributed by atoms with Crippen molar-refractivity contribution in [2.75, 3.05) is 13.2 Å². The molecule has 0 aromatic carbocycles. The van der Waals surface area contributed by atoms with Gasteiger partial charge in [0.1, 0.15) is 55.4 Å². The van der Waals surface area contributed by atoms with E-state index in [0.29, 0.717) is 0 Å². The lowest BCUT2D eigenvalue weighted by Crippen LogP contribution is -2.64. The van der Waals surface area contributed by atoms with Gasteiger partial charge in [0, 0.05) is 0 Å². The summed E-state index contributed by atoms with van der Waals surface area (Å²) in [5.41, 5.74) is 0. The van der Waals surface area contributed by atoms with E-state index in [0.717, 1.165) is 0 Å². The third kappa shape index (κ3) is 4.40. The lowest BCUT2D eigenvalue weighted by atomic mass is 9.97. The number of aliphatic hydroxyl groups is 7. The monoisotopic (exact) mass is 386 g/mol. The van der Waals surface area contributed by atoms with E-state index in [-0.39, 0.29) is 0 Å². The highest BCUT2D eigenvalue weighted by atomic mass is 16.7. The molecule has 10 atom stereocenters. The Labute approximate surface area is 146 Å². The van der Waals surface area contributed by atoms with Crippen molar-refractivity contribution in [2.45, 2.75) is 61.4 Å². The number of rotatable bonds is 5. The standard InChI is InChI=1S/C13H22O13/c14-1-3-10(7(17)8(18)11(20)24-3)26-12-9(19)6(16)5(15)4(25-12)2-23-13(21)22/h3-12,14-20H,1-2H2,(H,21,22)/t3-,4-,5-,6+,7-,8-,9-,10-,11-,12+/m1/s1. The quantitative estimate of drug-likeness (QED) is 0.209. The highest BCUT2D eigenvalue weighted by Gasteiger charge is 2.50. The zero-order valence-electron chi connectivity index (χ0n) is 13.3. The van der Waals surface area contributed by atoms with Crippen molar-refractivity contribution >= 4 is 6.16 Å². The second-order valence-electron chi connectivity index (χ2n) is 5.92. The van der Waals surface area contributed by atoms with Crippen LogP contribution >= 0.6 is 0 Å². The molecule has 0 aliphatic carbocycles. The predicted molar refractivity (Wildman–Crippen MR) is 75.5 cm³/mol. The Morgan fingerprint density at radius 2 is 1.50 bits per heavy atom. The Bertz CT molecular complexity index is 473. The van der Waals surface area contributed by atoms with E-state index in [1.54, 1.807) is 0 Å². The zero-order chi connectivity index (χ0) is 19.6. The predicted octanol–water partition coefficient (Wildman–Crippen LogP) is -4.69. The van der Waals surface area contributed by atoms with Crippen LogP contribution in [0.5, 0.6) is 0 Å². The molecule has 2 fully saturated rings. The van der Waals surface area contributed by atoms with Crippen molar-refractivity contribution in [3.63, 3.8) is 0 Å². The van der Waals surface area contributed by atoms with Crippen molar-refractivity contribution in [1.29, 1.82) is 0 Å². The Morgan fingerprint density at radius 3 is 2.08 bits per heavy atom. The van der Waals surface area contributed by atoms with E-state index in [1.165, 1.54) is 0 Å². The molecule has 0 spiro atoms. The van der Waals surface area contributed by atoms with Gasteiger partial charge in [-0.1, -0.05) is 0 Å². The first kappa shape index (κ1) is 21.2. The van der Waals surface area contributed by atoms with Crippen LogP contribution in [0.25, 0.3) is 0 Å². The largest absolute Gasteiger partial charge is 0.505 e. The lowest BCUT2D eigenvalue weighted by Gasteiger charge is -2.45. The summed E-state index contributed by atoms with van der Waals surface area (Å²) < 4.78 is 19.6. The van der Waals surface area contributed by atoms with Crippen molar-refractivity contribution in [3.8, 4) is 0 Å². The number of carbonyl (C=O) groups is 1. The van der Waals surface area contributed by atoms with Gasteiger partial charge >= 0.3 is 6.16 Å². The first-order chi connectivity index (χ1) is 12.2. The molecule has 2 aliphatic heterocycles. The molecule has 152 valence electrons. The number of aliphatic hydroxyl groups excluding tert-OH is 7. The number of ether oxygens (including phenoxy) is 4. The molecule has 0 bridgehead atoms. The van der Waals surface area contributed by atoms with Gasteiger partial charge < -0.3 is 59.8 Å². The Balaban J connectivity index is 2.10. The molecule has 0 unspecified atom stereocenters. The molecule has 13 nitrogen and oxygen atoms in total. The molecule has 26 heavy (non-hydrogen) atoms. The van der Waals surface area contributed by atoms with E-state index in [4.69, 9.17) is 19.3 Å². The van der Waals surface area contributed by atoms with Crippen LogP contribution in [0.3, 0.4) is 0 Å². The van der Waals surface area contributed by atoms with E-state index in [1.807, 2.05) is 0 Å². The van der Waals surface area contributed by atoms with Gasteiger partial charge in [-0.2, -0.15) is 0 Å². The average molecular weight is 386 g/mol. The van der Waals surface area contributed by atoms with Crippen LogP contribution in [-0.2, 0) is 18.9 Å². The average Bonchev–Trinajstić information content (AvgIpc) is 2.60. The van der Waals surface area contributed by atoms with Crippen LogP contribution in [-0.4, -0.2) is 122 Å². The molecule has 0 radical (unpaired) electrons. The molecule has 13 heteroatoms. The van der Waals surface area contributed by atoms with Gasteiger partial charge in [-0.15, -0.1) is 0 Å². The van der Waals surface area contributed by atoms with Crippen LogP contribution in [0.15, 0.2) is 0 Å². The third-order valence-electron chi connectivity index (χ3n) is 4.17. The van der Waals surface area contributed by atoms with E-state index in [9.17, 15) is 40.5 Å². The van der Waals surface area contributed by atoms with E-state index >= 15 is 0 Å². The van der Waals surface area contributed by atoms with Gasteiger partial charge in [0.15, 0.2) is 12.6 Å². The maximum Gasteiger partial charge on any atom is 0.505 e. The van der Waals surface area contributed by atoms with Gasteiger partial charge in [-0.25, -0.2) is 4.79 Å². The fraction of sp³-hybridized carbons (Fsp3) is 0.923. The second kappa shape index (κ2) is 8.71. The molecular formula is C13H22O13. The Kier molecular flexibility index (Phi) is 7.09. The summed E-state index contributed by atoms with van der Waals surface area (Å²) in [7, 11) is 0. The van der Waals surface area contributed by atoms with Gasteiger partial charge in [0.25, 0.3) is 0 Å². The molecule has 0 saturated carbocycles. The normalized spacial score (nSPS) is 46.7. The Hall–Kier alpha value is -1.13. The summed E-state index contributed by atoms with van der Waals surface area (Å²) in [6.07, 6.45) is -18.2. The van der Waals surface area contributed by atoms with Gasteiger partial charge in [-0.3, -0.25) is 0 Å². The molecule has 2 aliphatic rings. The van der Waals surface area contributed by atoms with Crippen molar-refractivity contribution < 1.29 is 64.6 Å². The summed E-state index contributed by atoms with van der Waals surface area (Å²) in [6.45, 7) is -1.42. The minimum Gasteiger partial charge on any atom is -0.450 e. The minimum atomic E-state index is -1.82. The number of hydrogen-bond acceptors (Lipinski definition) is 12. The van der Waals surface area contributed by atoms with Crippen LogP contribution in [0.4, 0.5) is 4.79 Å². The highest BCUT2D eigenvalue weighted by Crippen LogP contribution is 2.28. The smallest absolute Gasteiger partial charge is 0.450 e. The van der Waals surface area contributed by atoms with Gasteiger partial charge in [0.05, 0.1) is 6.61 Å². The second-order valence-corrected chi connectivity index (χ2v) is 5.92. The van der Waals surface area contributed by atoms with Crippen molar-refractivity contribution in [3.05, 3.63) is 0 Å². The topological polar surface area (TPSA) is 216 Å². The molecule has 2 heterocycles. The van der Waals surface area contributed by atoms with E-state index in [2.05, 4.69) is 4.74 Å². The van der Waals surface area contributed by atoms with Crippen LogP contribution in [0.2, 0.25) is 0 Å². The summed E-state index contributed by atoms with van der Waals surface area (Å²) in [4.78, 5) is 10.5. The fourth-order valence-electron chi connectivity index (χ4n) is 2.71. The van der Waals surface area contributed by atoms with Crippen LogP contribution < -0.4 is 0 Å². The van der Waals surface area contributed by atoms with Gasteiger partial charge in [-0.05, 0) is 0 Å². The maximum absolute atomic E-state index is 10.5. The molecular weight excluding hydrogens is 364 g/mol. The minimum absolute atomic E-state index is 0.686. The molecule has 2 saturated heterocycles. The molecule has 0 aromatic rings. The van der Waals surface area contributed by atoms with Gasteiger partial charge in [0.2, 0.25) is 0 Å². The zero-order valence-corrected chi connectivity index (χ0v) is 13.3. The SMILES string of the molecule is O=C(O)OC[C@H]1O[C@@H](O[C@H]2[C@H](O)[C@@H](O)[C@H](O)O[C@@H]2CO)[C@H](O)[C@@H](O)[C@@H]1O. The van der Waals surface area contributed by atoms with Crippen molar-refractivity contribution in [2.24, 2.45) is 0 Å². The molecule has 2 rings (SSSR count). The summed E-state index contributed by atoms with van der Waals surface area (Å²) in [5.74, 6) is 0. The number of carboxylic acid groups (broad SMARTS) is 1. The maximum atomic E-state index is 10.5. The first-order valence-electron chi connectivity index (χ1n) is 7.68. The van der Waals surface area contributed by atoms with Crippen molar-refractivity contribution in [1.82, 2.24) is 0 Å². The molecule has 8 N–H and O–H groups in total. The molecule has 0 aromatic heterocycles. The lowest BCUT2D eigenvalue weighted by molar-refractivity contribution is -0.355. The van der Waals surface area contributed by atoms with E-state index < -0.39 is 80.8 Å².